The number of carbonyl (C=O) groups is 2. The smallest absolute Gasteiger partial charge is 0.248 e. The molecule has 2 N–H and O–H groups in total. The van der Waals surface area contributed by atoms with Crippen LogP contribution in [0, 0.1) is 0 Å². The van der Waals surface area contributed by atoms with Gasteiger partial charge in [0.2, 0.25) is 11.8 Å². The summed E-state index contributed by atoms with van der Waals surface area (Å²) < 4.78 is 1.70. The Balaban J connectivity index is 1.81. The zero-order valence-electron chi connectivity index (χ0n) is 14.4. The molecule has 0 saturated carbocycles. The van der Waals surface area contributed by atoms with Gasteiger partial charge in [-0.2, -0.15) is 10.2 Å². The van der Waals surface area contributed by atoms with Crippen LogP contribution in [0.4, 0.5) is 5.82 Å². The minimum absolute atomic E-state index is 0.0560. The number of H-pyrrole nitrogens is 1. The Morgan fingerprint density at radius 1 is 1.38 bits per heavy atom. The summed E-state index contributed by atoms with van der Waals surface area (Å²) in [5, 5.41) is 15.3. The summed E-state index contributed by atoms with van der Waals surface area (Å²) in [6, 6.07) is -0.399. The average Bonchev–Trinajstić information content (AvgIpc) is 3.25. The van der Waals surface area contributed by atoms with Crippen molar-refractivity contribution < 1.29 is 9.59 Å². The van der Waals surface area contributed by atoms with Crippen molar-refractivity contribution in [2.45, 2.75) is 52.0 Å². The summed E-state index contributed by atoms with van der Waals surface area (Å²) in [7, 11) is 1.83. The highest BCUT2D eigenvalue weighted by Gasteiger charge is 2.34. The number of rotatable bonds is 5. The molecule has 1 aliphatic heterocycles. The van der Waals surface area contributed by atoms with E-state index in [1.807, 2.05) is 20.9 Å². The van der Waals surface area contributed by atoms with Crippen LogP contribution in [0.25, 0.3) is 11.0 Å². The number of amides is 2. The van der Waals surface area contributed by atoms with E-state index in [4.69, 9.17) is 0 Å². The Labute approximate surface area is 140 Å². The van der Waals surface area contributed by atoms with Crippen LogP contribution in [0.3, 0.4) is 0 Å². The van der Waals surface area contributed by atoms with E-state index in [0.717, 1.165) is 30.3 Å². The molecule has 0 aromatic carbocycles. The predicted octanol–water partition coefficient (Wildman–Crippen LogP) is 1.59. The summed E-state index contributed by atoms with van der Waals surface area (Å²) in [5.74, 6) is 0.462. The Morgan fingerprint density at radius 3 is 2.88 bits per heavy atom. The zero-order chi connectivity index (χ0) is 17.3. The number of aryl methyl sites for hydroxylation is 2. The molecule has 3 heterocycles. The lowest BCUT2D eigenvalue weighted by Gasteiger charge is -2.23. The minimum atomic E-state index is -0.399. The molecule has 1 saturated heterocycles. The molecule has 3 rings (SSSR count). The highest BCUT2D eigenvalue weighted by atomic mass is 16.2. The van der Waals surface area contributed by atoms with Crippen molar-refractivity contribution in [3.63, 3.8) is 0 Å². The molecule has 0 radical (unpaired) electrons. The number of carbonyl (C=O) groups excluding carboxylic acids is 2. The number of fused-ring (bicyclic) bond motifs is 1. The molecule has 24 heavy (non-hydrogen) atoms. The lowest BCUT2D eigenvalue weighted by molar-refractivity contribution is -0.136. The van der Waals surface area contributed by atoms with Gasteiger partial charge in [0.1, 0.15) is 11.9 Å². The second-order valence-electron chi connectivity index (χ2n) is 6.21. The standard InChI is InChI=1S/C16H24N6O2/c1-4-7-12(23)22-9-6-8-11(22)16(24)17-14-13-10(5-2)20-21(3)15(13)19-18-14/h11H,4-9H2,1-3H3,(H2,17,18,19,24)/t11-/m0/s1. The number of nitrogens with zero attached hydrogens (tertiary/aromatic N) is 4. The van der Waals surface area contributed by atoms with Gasteiger partial charge in [-0.25, -0.2) is 4.68 Å². The maximum atomic E-state index is 12.7. The molecule has 130 valence electrons. The van der Waals surface area contributed by atoms with Gasteiger partial charge < -0.3 is 10.2 Å². The van der Waals surface area contributed by atoms with E-state index in [2.05, 4.69) is 20.6 Å². The monoisotopic (exact) mass is 332 g/mol. The van der Waals surface area contributed by atoms with Gasteiger partial charge in [-0.1, -0.05) is 13.8 Å². The maximum Gasteiger partial charge on any atom is 0.248 e. The molecular weight excluding hydrogens is 308 g/mol. The minimum Gasteiger partial charge on any atom is -0.331 e. The molecule has 0 unspecified atom stereocenters. The number of likely N-dealkylation sites (tertiary alicyclic amines) is 1. The van der Waals surface area contributed by atoms with E-state index in [1.165, 1.54) is 0 Å². The van der Waals surface area contributed by atoms with Crippen LogP contribution in [0.1, 0.15) is 45.2 Å². The summed E-state index contributed by atoms with van der Waals surface area (Å²) in [4.78, 5) is 26.6. The molecule has 2 aromatic rings. The van der Waals surface area contributed by atoms with Crippen molar-refractivity contribution in [3.05, 3.63) is 5.69 Å². The van der Waals surface area contributed by atoms with E-state index in [0.29, 0.717) is 30.9 Å². The fourth-order valence-electron chi connectivity index (χ4n) is 3.36. The number of aromatic nitrogens is 4. The first-order valence-corrected chi connectivity index (χ1v) is 8.57. The number of nitrogens with one attached hydrogen (secondary N) is 2. The first-order chi connectivity index (χ1) is 11.6. The van der Waals surface area contributed by atoms with Gasteiger partial charge in [0.25, 0.3) is 0 Å². The summed E-state index contributed by atoms with van der Waals surface area (Å²) in [6.45, 7) is 4.64. The lowest BCUT2D eigenvalue weighted by atomic mass is 10.2. The van der Waals surface area contributed by atoms with E-state index in [9.17, 15) is 9.59 Å². The van der Waals surface area contributed by atoms with Gasteiger partial charge >= 0.3 is 0 Å². The van der Waals surface area contributed by atoms with Crippen LogP contribution in [0.15, 0.2) is 0 Å². The zero-order valence-corrected chi connectivity index (χ0v) is 14.4. The van der Waals surface area contributed by atoms with Crippen molar-refractivity contribution >= 4 is 28.7 Å². The number of anilines is 1. The summed E-state index contributed by atoms with van der Waals surface area (Å²) >= 11 is 0. The Kier molecular flexibility index (Phi) is 4.55. The van der Waals surface area contributed by atoms with Crippen LogP contribution in [0.2, 0.25) is 0 Å². The van der Waals surface area contributed by atoms with Gasteiger partial charge in [0, 0.05) is 20.0 Å². The third-order valence-electron chi connectivity index (χ3n) is 4.54. The van der Waals surface area contributed by atoms with Gasteiger partial charge in [0.05, 0.1) is 11.1 Å². The molecule has 8 nitrogen and oxygen atoms in total. The Hall–Kier alpha value is -2.38. The van der Waals surface area contributed by atoms with E-state index in [1.54, 1.807) is 9.58 Å². The van der Waals surface area contributed by atoms with Crippen LogP contribution in [-0.2, 0) is 23.1 Å². The predicted molar refractivity (Wildman–Crippen MR) is 90.5 cm³/mol. The van der Waals surface area contributed by atoms with Gasteiger partial charge in [0.15, 0.2) is 5.65 Å². The topological polar surface area (TPSA) is 95.9 Å². The largest absolute Gasteiger partial charge is 0.331 e. The lowest BCUT2D eigenvalue weighted by Crippen LogP contribution is -2.43. The maximum absolute atomic E-state index is 12.7. The van der Waals surface area contributed by atoms with Crippen LogP contribution >= 0.6 is 0 Å². The third-order valence-corrected chi connectivity index (χ3v) is 4.54. The van der Waals surface area contributed by atoms with Crippen LogP contribution < -0.4 is 5.32 Å². The molecule has 2 amide bonds. The molecule has 1 aliphatic rings. The number of hydrogen-bond acceptors (Lipinski definition) is 4. The van der Waals surface area contributed by atoms with Gasteiger partial charge in [-0.3, -0.25) is 14.7 Å². The van der Waals surface area contributed by atoms with Crippen molar-refractivity contribution in [2.75, 3.05) is 11.9 Å². The Bertz CT molecular complexity index is 762. The van der Waals surface area contributed by atoms with Gasteiger partial charge in [-0.05, 0) is 25.7 Å². The van der Waals surface area contributed by atoms with Crippen LogP contribution in [0.5, 0.6) is 0 Å². The normalized spacial score (nSPS) is 17.6. The number of hydrogen-bond donors (Lipinski definition) is 2. The third kappa shape index (κ3) is 2.76. The van der Waals surface area contributed by atoms with Gasteiger partial charge in [-0.15, -0.1) is 0 Å². The second-order valence-corrected chi connectivity index (χ2v) is 6.21. The number of aromatic amines is 1. The highest BCUT2D eigenvalue weighted by molar-refractivity contribution is 6.03. The van der Waals surface area contributed by atoms with Crippen LogP contribution in [-0.4, -0.2) is 49.3 Å². The van der Waals surface area contributed by atoms with E-state index >= 15 is 0 Å². The van der Waals surface area contributed by atoms with E-state index < -0.39 is 6.04 Å². The highest BCUT2D eigenvalue weighted by Crippen LogP contribution is 2.26. The SMILES string of the molecule is CCCC(=O)N1CCC[C@H]1C(=O)Nc1[nH]nc2c1c(CC)nn2C. The fourth-order valence-corrected chi connectivity index (χ4v) is 3.36. The molecular formula is C16H24N6O2. The van der Waals surface area contributed by atoms with E-state index in [-0.39, 0.29) is 11.8 Å². The first-order valence-electron chi connectivity index (χ1n) is 8.57. The van der Waals surface area contributed by atoms with Crippen molar-refractivity contribution in [1.82, 2.24) is 24.9 Å². The molecule has 0 aliphatic carbocycles. The molecule has 0 bridgehead atoms. The molecule has 1 atom stereocenters. The Morgan fingerprint density at radius 2 is 2.17 bits per heavy atom. The second kappa shape index (κ2) is 6.62. The summed E-state index contributed by atoms with van der Waals surface area (Å²) in [5.41, 5.74) is 1.61. The quantitative estimate of drug-likeness (QED) is 0.869. The fraction of sp³-hybridized carbons (Fsp3) is 0.625. The first kappa shape index (κ1) is 16.5. The average molecular weight is 332 g/mol. The van der Waals surface area contributed by atoms with Crippen molar-refractivity contribution in [2.24, 2.45) is 7.05 Å². The molecule has 8 heteroatoms. The van der Waals surface area contributed by atoms with Crippen molar-refractivity contribution in [1.29, 1.82) is 0 Å². The molecule has 0 spiro atoms. The molecule has 2 aromatic heterocycles. The molecule has 1 fully saturated rings. The van der Waals surface area contributed by atoms with Crippen molar-refractivity contribution in [3.8, 4) is 0 Å². The summed E-state index contributed by atoms with van der Waals surface area (Å²) in [6.07, 6.45) is 3.59.